The molecule has 8 nitrogen and oxygen atoms in total. The normalized spacial score (nSPS) is 14.7. The second kappa shape index (κ2) is 11.0. The minimum Gasteiger partial charge on any atom is -0.481 e. The number of aromatic amines is 1. The molecule has 3 heterocycles. The molecule has 4 rings (SSSR count). The lowest BCUT2D eigenvalue weighted by molar-refractivity contribution is -0.153. The van der Waals surface area contributed by atoms with Crippen LogP contribution >= 0.6 is 11.6 Å². The Morgan fingerprint density at radius 2 is 1.92 bits per heavy atom. The van der Waals surface area contributed by atoms with Crippen LogP contribution < -0.4 is 10.1 Å². The lowest BCUT2D eigenvalue weighted by Crippen LogP contribution is -2.47. The van der Waals surface area contributed by atoms with E-state index in [1.54, 1.807) is 30.3 Å². The number of aliphatic hydroxyl groups is 1. The molecule has 2 aromatic heterocycles. The van der Waals surface area contributed by atoms with Crippen LogP contribution in [-0.4, -0.2) is 70.3 Å². The van der Waals surface area contributed by atoms with Crippen molar-refractivity contribution in [2.75, 3.05) is 26.3 Å². The summed E-state index contributed by atoms with van der Waals surface area (Å²) < 4.78 is 44.4. The minimum absolute atomic E-state index is 0.157. The molecule has 3 aromatic rings. The van der Waals surface area contributed by atoms with Gasteiger partial charge in [0.05, 0.1) is 11.1 Å². The van der Waals surface area contributed by atoms with E-state index in [0.717, 1.165) is 5.56 Å². The van der Waals surface area contributed by atoms with Gasteiger partial charge in [-0.15, -0.1) is 0 Å². The van der Waals surface area contributed by atoms with Crippen LogP contribution in [-0.2, 0) is 11.2 Å². The summed E-state index contributed by atoms with van der Waals surface area (Å²) in [6.45, 7) is 0.435. The van der Waals surface area contributed by atoms with Crippen molar-refractivity contribution in [3.05, 3.63) is 46.7 Å². The molecule has 0 bridgehead atoms. The predicted octanol–water partition coefficient (Wildman–Crippen LogP) is 4.10. The molecule has 37 heavy (non-hydrogen) atoms. The molecule has 0 aliphatic carbocycles. The molecule has 1 aliphatic rings. The number of ether oxygens (including phenoxy) is 1. The first-order valence-electron chi connectivity index (χ1n) is 11.8. The fourth-order valence-electron chi connectivity index (χ4n) is 4.37. The zero-order valence-corrected chi connectivity index (χ0v) is 20.7. The average molecular weight is 539 g/mol. The van der Waals surface area contributed by atoms with Gasteiger partial charge >= 0.3 is 6.18 Å². The number of benzene rings is 1. The Labute approximate surface area is 215 Å². The largest absolute Gasteiger partial charge is 0.481 e. The van der Waals surface area contributed by atoms with Crippen molar-refractivity contribution in [2.24, 2.45) is 0 Å². The maximum atomic E-state index is 13.2. The van der Waals surface area contributed by atoms with Gasteiger partial charge in [-0.1, -0.05) is 30.7 Å². The summed E-state index contributed by atoms with van der Waals surface area (Å²) in [6, 6.07) is 8.35. The smallest absolute Gasteiger partial charge is 0.422 e. The number of hydrogen-bond donors (Lipinski definition) is 3. The van der Waals surface area contributed by atoms with Gasteiger partial charge in [-0.25, -0.2) is 4.98 Å². The lowest BCUT2D eigenvalue weighted by Gasteiger charge is -2.32. The van der Waals surface area contributed by atoms with Gasteiger partial charge in [-0.2, -0.15) is 13.2 Å². The topological polar surface area (TPSA) is 108 Å². The van der Waals surface area contributed by atoms with Gasteiger partial charge in [-0.3, -0.25) is 9.59 Å². The number of alkyl halides is 3. The molecule has 0 spiro atoms. The number of aliphatic hydroxyl groups excluding tert-OH is 1. The average Bonchev–Trinajstić information content (AvgIpc) is 3.24. The quantitative estimate of drug-likeness (QED) is 0.420. The van der Waals surface area contributed by atoms with Crippen molar-refractivity contribution in [3.8, 4) is 16.9 Å². The summed E-state index contributed by atoms with van der Waals surface area (Å²) in [7, 11) is 0. The van der Waals surface area contributed by atoms with Gasteiger partial charge < -0.3 is 25.0 Å². The Bertz CT molecular complexity index is 1290. The molecular weight excluding hydrogens is 513 g/mol. The van der Waals surface area contributed by atoms with Gasteiger partial charge in [0.2, 0.25) is 5.91 Å². The summed E-state index contributed by atoms with van der Waals surface area (Å²) >= 11 is 6.00. The monoisotopic (exact) mass is 538 g/mol. The first kappa shape index (κ1) is 26.7. The molecule has 1 saturated heterocycles. The summed E-state index contributed by atoms with van der Waals surface area (Å²) in [5.74, 6) is -1.26. The number of carbonyl (C=O) groups excluding carboxylic acids is 2. The molecule has 1 aliphatic heterocycles. The van der Waals surface area contributed by atoms with Crippen LogP contribution in [0.1, 0.15) is 35.9 Å². The van der Waals surface area contributed by atoms with Crippen molar-refractivity contribution in [1.82, 2.24) is 20.2 Å². The summed E-state index contributed by atoms with van der Waals surface area (Å²) in [6.07, 6.45) is -3.19. The number of likely N-dealkylation sites (tertiary alicyclic amines) is 1. The number of aryl methyl sites for hydroxylation is 1. The van der Waals surface area contributed by atoms with Gasteiger partial charge in [0, 0.05) is 29.7 Å². The van der Waals surface area contributed by atoms with Crippen LogP contribution in [0.2, 0.25) is 5.02 Å². The fourth-order valence-corrected chi connectivity index (χ4v) is 4.50. The molecule has 1 fully saturated rings. The van der Waals surface area contributed by atoms with Crippen molar-refractivity contribution in [2.45, 2.75) is 38.4 Å². The zero-order chi connectivity index (χ0) is 26.7. The number of amides is 2. The Morgan fingerprint density at radius 1 is 1.24 bits per heavy atom. The molecule has 0 saturated carbocycles. The van der Waals surface area contributed by atoms with E-state index in [1.165, 1.54) is 4.90 Å². The van der Waals surface area contributed by atoms with E-state index in [9.17, 15) is 22.8 Å². The first-order chi connectivity index (χ1) is 17.6. The summed E-state index contributed by atoms with van der Waals surface area (Å²) in [5, 5.41) is 12.6. The number of hydrogen-bond acceptors (Lipinski definition) is 5. The number of nitrogens with zero attached hydrogens (tertiary/aromatic N) is 2. The van der Waals surface area contributed by atoms with Gasteiger partial charge in [0.25, 0.3) is 5.91 Å². The number of H-pyrrole nitrogens is 1. The van der Waals surface area contributed by atoms with E-state index in [1.807, 2.05) is 6.92 Å². The van der Waals surface area contributed by atoms with Crippen molar-refractivity contribution >= 4 is 34.4 Å². The fraction of sp³-hybridized carbons (Fsp3) is 0.400. The zero-order valence-electron chi connectivity index (χ0n) is 20.0. The maximum absolute atomic E-state index is 13.2. The molecule has 198 valence electrons. The number of carbonyl (C=O) groups is 2. The molecule has 0 radical (unpaired) electrons. The van der Waals surface area contributed by atoms with Crippen LogP contribution in [0.25, 0.3) is 22.2 Å². The van der Waals surface area contributed by atoms with Crippen LogP contribution in [0.15, 0.2) is 30.3 Å². The highest BCUT2D eigenvalue weighted by atomic mass is 35.5. The number of nitrogens with one attached hydrogen (secondary N) is 2. The molecule has 0 unspecified atom stereocenters. The first-order valence-corrected chi connectivity index (χ1v) is 12.2. The van der Waals surface area contributed by atoms with E-state index >= 15 is 0 Å². The Hall–Kier alpha value is -3.31. The lowest BCUT2D eigenvalue weighted by atomic mass is 10.0. The third-order valence-electron chi connectivity index (χ3n) is 6.23. The van der Waals surface area contributed by atoms with Crippen molar-refractivity contribution in [1.29, 1.82) is 0 Å². The van der Waals surface area contributed by atoms with E-state index in [0.29, 0.717) is 48.6 Å². The highest BCUT2D eigenvalue weighted by Crippen LogP contribution is 2.36. The Morgan fingerprint density at radius 3 is 2.51 bits per heavy atom. The molecule has 12 heteroatoms. The highest BCUT2D eigenvalue weighted by molar-refractivity contribution is 6.30. The molecular formula is C25H26ClF3N4O4. The second-order valence-corrected chi connectivity index (χ2v) is 9.20. The Balaban J connectivity index is 1.68. The van der Waals surface area contributed by atoms with E-state index in [-0.39, 0.29) is 28.5 Å². The molecule has 3 N–H and O–H groups in total. The third kappa shape index (κ3) is 6.16. The van der Waals surface area contributed by atoms with Crippen LogP contribution in [0.5, 0.6) is 5.75 Å². The van der Waals surface area contributed by atoms with Gasteiger partial charge in [0.1, 0.15) is 17.9 Å². The number of piperidine rings is 1. The summed E-state index contributed by atoms with van der Waals surface area (Å²) in [5.41, 5.74) is 2.23. The minimum atomic E-state index is -4.61. The number of rotatable bonds is 7. The molecule has 1 aromatic carbocycles. The van der Waals surface area contributed by atoms with Gasteiger partial charge in [-0.05, 0) is 43.0 Å². The SMILES string of the molecule is CCc1nc2[nH]c(C(=O)NC3CCN(C(=O)CO)CC3)c(OCC(F)(F)F)c2cc1-c1ccc(Cl)cc1. The van der Waals surface area contributed by atoms with Crippen LogP contribution in [0.4, 0.5) is 13.2 Å². The van der Waals surface area contributed by atoms with Crippen molar-refractivity contribution < 1.29 is 32.6 Å². The number of pyridine rings is 1. The van der Waals surface area contributed by atoms with Crippen LogP contribution in [0.3, 0.4) is 0 Å². The highest BCUT2D eigenvalue weighted by Gasteiger charge is 2.32. The Kier molecular flexibility index (Phi) is 7.93. The predicted molar refractivity (Wildman–Crippen MR) is 132 cm³/mol. The summed E-state index contributed by atoms with van der Waals surface area (Å²) in [4.78, 5) is 33.8. The maximum Gasteiger partial charge on any atom is 0.422 e. The van der Waals surface area contributed by atoms with E-state index in [4.69, 9.17) is 21.4 Å². The standard InChI is InChI=1S/C25H26ClF3N4O4/c1-2-19-17(14-3-5-15(26)6-4-14)11-18-22(37-13-25(27,28)29)21(32-23(18)31-19)24(36)30-16-7-9-33(10-8-16)20(35)12-34/h3-6,11,16,34H,2,7-10,12-13H2,1H3,(H,30,36)(H,31,32). The van der Waals surface area contributed by atoms with Crippen LogP contribution in [0, 0.1) is 0 Å². The molecule has 2 amide bonds. The third-order valence-corrected chi connectivity index (χ3v) is 6.48. The van der Waals surface area contributed by atoms with E-state index in [2.05, 4.69) is 15.3 Å². The molecule has 0 atom stereocenters. The van der Waals surface area contributed by atoms with Gasteiger partial charge in [0.15, 0.2) is 12.4 Å². The van der Waals surface area contributed by atoms with Crippen molar-refractivity contribution in [3.63, 3.8) is 0 Å². The number of aromatic nitrogens is 2. The second-order valence-electron chi connectivity index (χ2n) is 8.76. The number of fused-ring (bicyclic) bond motifs is 1. The van der Waals surface area contributed by atoms with E-state index < -0.39 is 31.2 Å². The number of halogens is 4.